The Morgan fingerprint density at radius 1 is 1.26 bits per heavy atom. The summed E-state index contributed by atoms with van der Waals surface area (Å²) >= 11 is 0. The molecule has 0 aliphatic carbocycles. The molecule has 0 aliphatic heterocycles. The number of hydrogen-bond acceptors (Lipinski definition) is 4. The summed E-state index contributed by atoms with van der Waals surface area (Å²) in [6.45, 7) is 1.82. The lowest BCUT2D eigenvalue weighted by molar-refractivity contribution is 0.587. The third-order valence-electron chi connectivity index (χ3n) is 3.00. The summed E-state index contributed by atoms with van der Waals surface area (Å²) in [6, 6.07) is 9.24. The van der Waals surface area contributed by atoms with E-state index in [2.05, 4.69) is 4.98 Å². The van der Waals surface area contributed by atoms with Gasteiger partial charge in [-0.2, -0.15) is 0 Å². The molecule has 0 radical (unpaired) electrons. The van der Waals surface area contributed by atoms with Gasteiger partial charge in [0.1, 0.15) is 0 Å². The number of aromatic nitrogens is 1. The van der Waals surface area contributed by atoms with E-state index in [1.807, 2.05) is 31.2 Å². The second-order valence-electron chi connectivity index (χ2n) is 4.85. The average Bonchev–Trinajstić information content (AvgIpc) is 2.37. The van der Waals surface area contributed by atoms with Gasteiger partial charge in [-0.3, -0.25) is 4.98 Å². The van der Waals surface area contributed by atoms with Gasteiger partial charge in [-0.05, 0) is 31.0 Å². The number of hydrogen-bond donors (Lipinski definition) is 1. The molecule has 1 atom stereocenters. The highest BCUT2D eigenvalue weighted by Crippen LogP contribution is 2.19. The molecular weight excluding hydrogens is 260 g/mol. The molecular formula is C14H18N2O2S. The van der Waals surface area contributed by atoms with Gasteiger partial charge < -0.3 is 5.73 Å². The normalized spacial score (nSPS) is 13.6. The van der Waals surface area contributed by atoms with Crippen LogP contribution in [0.5, 0.6) is 0 Å². The highest BCUT2D eigenvalue weighted by Gasteiger charge is 2.14. The van der Waals surface area contributed by atoms with Gasteiger partial charge in [-0.15, -0.1) is 0 Å². The Labute approximate surface area is 113 Å². The van der Waals surface area contributed by atoms with Crippen molar-refractivity contribution >= 4 is 20.7 Å². The Kier molecular flexibility index (Phi) is 4.17. The largest absolute Gasteiger partial charge is 0.328 e. The van der Waals surface area contributed by atoms with Crippen molar-refractivity contribution in [2.24, 2.45) is 5.73 Å². The quantitative estimate of drug-likeness (QED) is 0.906. The number of pyridine rings is 1. The minimum atomic E-state index is -3.13. The lowest BCUT2D eigenvalue weighted by atomic mass is 10.1. The Balaban J connectivity index is 2.26. The van der Waals surface area contributed by atoms with Crippen LogP contribution in [0.3, 0.4) is 0 Å². The summed E-state index contributed by atoms with van der Waals surface area (Å²) < 4.78 is 24.1. The van der Waals surface area contributed by atoms with Gasteiger partial charge in [0.15, 0.2) is 9.84 Å². The van der Waals surface area contributed by atoms with E-state index in [4.69, 9.17) is 5.73 Å². The van der Waals surface area contributed by atoms with Crippen LogP contribution in [0, 0.1) is 0 Å². The number of nitrogens with two attached hydrogens (primary N) is 1. The lowest BCUT2D eigenvalue weighted by Crippen LogP contribution is -2.20. The van der Waals surface area contributed by atoms with Crippen molar-refractivity contribution < 1.29 is 8.42 Å². The molecule has 4 nitrogen and oxygen atoms in total. The molecule has 0 saturated carbocycles. The lowest BCUT2D eigenvalue weighted by Gasteiger charge is -2.08. The zero-order valence-electron chi connectivity index (χ0n) is 10.9. The number of nitrogens with zero attached hydrogens (tertiary/aromatic N) is 1. The molecule has 0 amide bonds. The maximum atomic E-state index is 12.1. The number of benzene rings is 1. The SMILES string of the molecule is CC(N)CCS(=O)(=O)Cc1ccnc2ccccc12. The van der Waals surface area contributed by atoms with Gasteiger partial charge >= 0.3 is 0 Å². The topological polar surface area (TPSA) is 73.1 Å². The van der Waals surface area contributed by atoms with Crippen LogP contribution >= 0.6 is 0 Å². The molecule has 1 aromatic carbocycles. The van der Waals surface area contributed by atoms with Crippen LogP contribution in [0.1, 0.15) is 18.9 Å². The highest BCUT2D eigenvalue weighted by atomic mass is 32.2. The molecule has 0 spiro atoms. The molecule has 2 aromatic rings. The summed E-state index contributed by atoms with van der Waals surface area (Å²) in [5.74, 6) is 0.171. The minimum Gasteiger partial charge on any atom is -0.328 e. The van der Waals surface area contributed by atoms with Crippen LogP contribution in [0.25, 0.3) is 10.9 Å². The minimum absolute atomic E-state index is 0.0444. The maximum absolute atomic E-state index is 12.1. The van der Waals surface area contributed by atoms with Crippen LogP contribution in [0.15, 0.2) is 36.5 Å². The Morgan fingerprint density at radius 3 is 2.74 bits per heavy atom. The van der Waals surface area contributed by atoms with Crippen molar-refractivity contribution in [1.29, 1.82) is 0 Å². The van der Waals surface area contributed by atoms with E-state index in [9.17, 15) is 8.42 Å². The molecule has 0 aliphatic rings. The first-order chi connectivity index (χ1) is 8.98. The van der Waals surface area contributed by atoms with Crippen molar-refractivity contribution in [3.8, 4) is 0 Å². The van der Waals surface area contributed by atoms with Crippen molar-refractivity contribution in [2.75, 3.05) is 5.75 Å². The summed E-state index contributed by atoms with van der Waals surface area (Å²) in [4.78, 5) is 4.23. The smallest absolute Gasteiger partial charge is 0.154 e. The van der Waals surface area contributed by atoms with Crippen molar-refractivity contribution in [3.63, 3.8) is 0 Å². The van der Waals surface area contributed by atoms with Crippen LogP contribution in [0.2, 0.25) is 0 Å². The standard InChI is InChI=1S/C14H18N2O2S/c1-11(15)7-9-19(17,18)10-12-6-8-16-14-5-3-2-4-13(12)14/h2-6,8,11H,7,9-10,15H2,1H3. The maximum Gasteiger partial charge on any atom is 0.154 e. The number of fused-ring (bicyclic) bond motifs is 1. The van der Waals surface area contributed by atoms with Gasteiger partial charge in [0.05, 0.1) is 17.0 Å². The molecule has 5 heteroatoms. The second-order valence-corrected chi connectivity index (χ2v) is 7.03. The van der Waals surface area contributed by atoms with E-state index in [0.29, 0.717) is 6.42 Å². The number of sulfone groups is 1. The molecule has 102 valence electrons. The van der Waals surface area contributed by atoms with E-state index >= 15 is 0 Å². The van der Waals surface area contributed by atoms with Crippen molar-refractivity contribution in [2.45, 2.75) is 25.1 Å². The molecule has 2 rings (SSSR count). The van der Waals surface area contributed by atoms with Crippen LogP contribution in [0.4, 0.5) is 0 Å². The molecule has 0 fully saturated rings. The van der Waals surface area contributed by atoms with E-state index < -0.39 is 9.84 Å². The van der Waals surface area contributed by atoms with Gasteiger partial charge in [0, 0.05) is 17.6 Å². The number of para-hydroxylation sites is 1. The fourth-order valence-corrected chi connectivity index (χ4v) is 3.56. The Morgan fingerprint density at radius 2 is 2.00 bits per heavy atom. The third kappa shape index (κ3) is 3.75. The van der Waals surface area contributed by atoms with Gasteiger partial charge in [-0.25, -0.2) is 8.42 Å². The van der Waals surface area contributed by atoms with Crippen LogP contribution < -0.4 is 5.73 Å². The summed E-state index contributed by atoms with van der Waals surface area (Å²) in [6.07, 6.45) is 2.14. The van der Waals surface area contributed by atoms with Crippen molar-refractivity contribution in [3.05, 3.63) is 42.1 Å². The Bertz CT molecular complexity index is 661. The van der Waals surface area contributed by atoms with E-state index in [0.717, 1.165) is 16.5 Å². The molecule has 1 heterocycles. The molecule has 2 N–H and O–H groups in total. The van der Waals surface area contributed by atoms with Crippen molar-refractivity contribution in [1.82, 2.24) is 4.98 Å². The van der Waals surface area contributed by atoms with Gasteiger partial charge in [-0.1, -0.05) is 18.2 Å². The molecule has 19 heavy (non-hydrogen) atoms. The summed E-state index contributed by atoms with van der Waals surface area (Å²) in [5.41, 5.74) is 7.23. The highest BCUT2D eigenvalue weighted by molar-refractivity contribution is 7.90. The predicted molar refractivity (Wildman–Crippen MR) is 77.5 cm³/mol. The molecule has 0 bridgehead atoms. The first-order valence-corrected chi connectivity index (χ1v) is 8.09. The van der Waals surface area contributed by atoms with Gasteiger partial charge in [0.2, 0.25) is 0 Å². The van der Waals surface area contributed by atoms with Gasteiger partial charge in [0.25, 0.3) is 0 Å². The first kappa shape index (κ1) is 14.0. The van der Waals surface area contributed by atoms with E-state index in [1.165, 1.54) is 0 Å². The second kappa shape index (κ2) is 5.67. The fourth-order valence-electron chi connectivity index (χ4n) is 1.96. The average molecular weight is 278 g/mol. The monoisotopic (exact) mass is 278 g/mol. The fraction of sp³-hybridized carbons (Fsp3) is 0.357. The predicted octanol–water partition coefficient (Wildman–Crippen LogP) is 1.89. The molecule has 1 unspecified atom stereocenters. The number of rotatable bonds is 5. The zero-order valence-corrected chi connectivity index (χ0v) is 11.7. The van der Waals surface area contributed by atoms with E-state index in [1.54, 1.807) is 12.3 Å². The Hall–Kier alpha value is -1.46. The molecule has 0 saturated heterocycles. The first-order valence-electron chi connectivity index (χ1n) is 6.26. The summed E-state index contributed by atoms with van der Waals surface area (Å²) in [5, 5.41) is 0.898. The molecule has 1 aromatic heterocycles. The van der Waals surface area contributed by atoms with E-state index in [-0.39, 0.29) is 17.5 Å². The third-order valence-corrected chi connectivity index (χ3v) is 4.61. The zero-order chi connectivity index (χ0) is 13.9. The summed E-state index contributed by atoms with van der Waals surface area (Å²) in [7, 11) is -3.13. The van der Waals surface area contributed by atoms with Crippen LogP contribution in [-0.2, 0) is 15.6 Å². The van der Waals surface area contributed by atoms with Crippen LogP contribution in [-0.4, -0.2) is 25.2 Å².